The summed E-state index contributed by atoms with van der Waals surface area (Å²) in [6.07, 6.45) is 0. The maximum absolute atomic E-state index is 3.32. The van der Waals surface area contributed by atoms with E-state index in [-0.39, 0.29) is 0 Å². The Morgan fingerprint density at radius 3 is 0.214 bits per heavy atom. The van der Waals surface area contributed by atoms with E-state index < -0.39 is 0 Å². The molecule has 0 aliphatic carbocycles. The van der Waals surface area contributed by atoms with Crippen molar-refractivity contribution in [2.75, 3.05) is 0 Å². The van der Waals surface area contributed by atoms with E-state index in [0.29, 0.717) is 0 Å². The largest absolute Gasteiger partial charge is 0.284 e. The third kappa shape index (κ3) is 63.8. The first-order valence-corrected chi connectivity index (χ1v) is 21.1. The molecule has 0 nitrogen and oxygen atoms in total. The highest BCUT2D eigenvalue weighted by atomic mass is 13.7. The molecule has 0 bridgehead atoms. The van der Waals surface area contributed by atoms with E-state index in [9.17, 15) is 0 Å². The van der Waals surface area contributed by atoms with E-state index in [2.05, 4.69) is 492 Å². The molecular formula is C84H5-. The van der Waals surface area contributed by atoms with Crippen molar-refractivity contribution in [3.05, 3.63) is 6.92 Å². The van der Waals surface area contributed by atoms with Gasteiger partial charge >= 0.3 is 0 Å². The lowest BCUT2D eigenvalue weighted by molar-refractivity contribution is 1.92. The van der Waals surface area contributed by atoms with Gasteiger partial charge in [0.1, 0.15) is 0 Å². The van der Waals surface area contributed by atoms with Crippen LogP contribution < -0.4 is 0 Å². The Balaban J connectivity index is 4.62. The van der Waals surface area contributed by atoms with Gasteiger partial charge in [0.15, 0.2) is 0 Å². The van der Waals surface area contributed by atoms with Gasteiger partial charge in [0.2, 0.25) is 0 Å². The summed E-state index contributed by atoms with van der Waals surface area (Å²) in [5, 5.41) is 0. The van der Waals surface area contributed by atoms with E-state index in [1.54, 1.807) is 6.92 Å². The van der Waals surface area contributed by atoms with E-state index in [1.807, 2.05) is 0 Å². The molecule has 0 N–H and O–H groups in total. The minimum atomic E-state index is 1.68. The molecule has 342 valence electrons. The van der Waals surface area contributed by atoms with Crippen LogP contribution in [0.15, 0.2) is 0 Å². The van der Waals surface area contributed by atoms with Gasteiger partial charge in [-0.1, -0.05) is 5.92 Å². The molecule has 0 aliphatic rings. The van der Waals surface area contributed by atoms with E-state index >= 15 is 0 Å². The predicted octanol–water partition coefficient (Wildman–Crippen LogP) is 0.980. The minimum absolute atomic E-state index is 1.68. The number of hydrogen-bond donors (Lipinski definition) is 0. The molecule has 0 aliphatic heterocycles. The summed E-state index contributed by atoms with van der Waals surface area (Å²) in [4.78, 5) is 0. The molecule has 84 heavy (non-hydrogen) atoms. The van der Waals surface area contributed by atoms with Crippen molar-refractivity contribution in [1.29, 1.82) is 0 Å². The molecule has 0 saturated carbocycles. The second-order valence-electron chi connectivity index (χ2n) is 10.4. The molecule has 0 unspecified atom stereocenters. The van der Waals surface area contributed by atoms with Gasteiger partial charge in [0, 0.05) is 367 Å². The third-order valence-corrected chi connectivity index (χ3v) is 5.15. The summed E-state index contributed by atoms with van der Waals surface area (Å²) < 4.78 is 0. The SMILES string of the molecule is [CH2-]C#CC#CC#CC#CC#CC#CC#CC#CC#CC#CC#CC#CC#CC#CC#CC#CC#CC#CC#CC#CC#CC#CC#CC#CC#CC#CC#CC#CC#CC#CC#CC#CC#CC#CC#CC#CC#CC#CC#CC#CC#CC. The molecule has 0 amide bonds. The second-order valence-corrected chi connectivity index (χ2v) is 10.4. The van der Waals surface area contributed by atoms with Crippen LogP contribution >= 0.6 is 0 Å². The van der Waals surface area contributed by atoms with Crippen LogP contribution in [-0.4, -0.2) is 0 Å². The molecule has 0 atom stereocenters. The van der Waals surface area contributed by atoms with Gasteiger partial charge in [-0.2, -0.15) is 6.92 Å². The molecule has 0 fully saturated rings. The quantitative estimate of drug-likeness (QED) is 0.251. The van der Waals surface area contributed by atoms with Gasteiger partial charge in [-0.25, -0.2) is 5.92 Å². The maximum Gasteiger partial charge on any atom is 0 e. The molecule has 0 radical (unpaired) electrons. The Hall–Kier alpha value is -18.2. The van der Waals surface area contributed by atoms with Crippen molar-refractivity contribution in [1.82, 2.24) is 0 Å². The summed E-state index contributed by atoms with van der Waals surface area (Å²) in [5.74, 6) is 205. The first-order valence-electron chi connectivity index (χ1n) is 21.1. The van der Waals surface area contributed by atoms with Crippen LogP contribution in [0.2, 0.25) is 0 Å². The summed E-state index contributed by atoms with van der Waals surface area (Å²) in [6.45, 7) is 5.00. The van der Waals surface area contributed by atoms with Crippen LogP contribution in [0.3, 0.4) is 0 Å². The van der Waals surface area contributed by atoms with Crippen molar-refractivity contribution in [3.8, 4) is 485 Å². The van der Waals surface area contributed by atoms with Crippen molar-refractivity contribution >= 4 is 0 Å². The highest BCUT2D eigenvalue weighted by Crippen LogP contribution is 1.66. The molecule has 0 heterocycles. The van der Waals surface area contributed by atoms with Crippen LogP contribution in [0.25, 0.3) is 0 Å². The van der Waals surface area contributed by atoms with Gasteiger partial charge in [0.25, 0.3) is 0 Å². The average Bonchev–Trinajstić information content (AvgIpc) is 3.50. The van der Waals surface area contributed by atoms with Gasteiger partial charge in [-0.15, -0.1) is 5.92 Å². The Morgan fingerprint density at radius 1 is 0.0952 bits per heavy atom. The van der Waals surface area contributed by atoms with Crippen LogP contribution in [0.4, 0.5) is 0 Å². The normalized spacial score (nSPS) is 3.96. The zero-order chi connectivity index (χ0) is 60.0. The summed E-state index contributed by atoms with van der Waals surface area (Å²) in [5.41, 5.74) is 0. The molecule has 0 heteroatoms. The molecule has 0 aromatic carbocycles. The van der Waals surface area contributed by atoms with Gasteiger partial charge < -0.3 is 0 Å². The molecular weight excluding hydrogens is 1010 g/mol. The topological polar surface area (TPSA) is 0 Å². The highest BCUT2D eigenvalue weighted by Gasteiger charge is 1.65. The van der Waals surface area contributed by atoms with Crippen molar-refractivity contribution in [2.45, 2.75) is 6.92 Å². The van der Waals surface area contributed by atoms with E-state index in [4.69, 9.17) is 0 Å². The average molecular weight is 1010 g/mol. The van der Waals surface area contributed by atoms with Crippen LogP contribution in [0.5, 0.6) is 0 Å². The number of rotatable bonds is 0. The first-order chi connectivity index (χ1) is 41.9. The van der Waals surface area contributed by atoms with Crippen LogP contribution in [0.1, 0.15) is 6.92 Å². The van der Waals surface area contributed by atoms with Gasteiger partial charge in [-0.3, -0.25) is 5.92 Å². The lowest BCUT2D eigenvalue weighted by atomic mass is 10.4. The lowest BCUT2D eigenvalue weighted by Crippen LogP contribution is -1.57. The molecule has 0 saturated heterocycles. The Bertz CT molecular complexity index is 5340. The highest BCUT2D eigenvalue weighted by molar-refractivity contribution is 5.54. The molecule has 0 spiro atoms. The predicted molar refractivity (Wildman–Crippen MR) is 330 cm³/mol. The molecule has 0 rings (SSSR count). The van der Waals surface area contributed by atoms with Crippen molar-refractivity contribution in [3.63, 3.8) is 0 Å². The lowest BCUT2D eigenvalue weighted by Gasteiger charge is -1.64. The fourth-order valence-electron chi connectivity index (χ4n) is 2.54. The third-order valence-electron chi connectivity index (χ3n) is 5.15. The first kappa shape index (κ1) is 65.8. The zero-order valence-corrected chi connectivity index (χ0v) is 42.7. The smallest absolute Gasteiger partial charge is 0 e. The van der Waals surface area contributed by atoms with Gasteiger partial charge in [-0.05, 0) is 102 Å². The maximum atomic E-state index is 3.32. The molecule has 0 aromatic rings. The Labute approximate surface area is 496 Å². The fourth-order valence-corrected chi connectivity index (χ4v) is 2.54. The molecule has 0 aromatic heterocycles. The minimum Gasteiger partial charge on any atom is -0.284 e. The zero-order valence-electron chi connectivity index (χ0n) is 42.7. The monoisotopic (exact) mass is 1010 g/mol. The van der Waals surface area contributed by atoms with E-state index in [1.165, 1.54) is 0 Å². The summed E-state index contributed by atoms with van der Waals surface area (Å²) >= 11 is 0. The Kier molecular flexibility index (Phi) is 50.8. The van der Waals surface area contributed by atoms with Crippen LogP contribution in [-0.2, 0) is 0 Å². The summed E-state index contributed by atoms with van der Waals surface area (Å²) in [6, 6.07) is 0. The fraction of sp³-hybridized carbons (Fsp3) is 0.0119. The standard InChI is InChI=1S/C84H5/c1-3-5-7-9-11-13-15-17-19-21-23-25-27-29-31-33-35-37-39-41-43-45-47-49-51-53-55-57-59-61-63-65-67-69-71-73-75-77-79-81-83-84-82-80-78-76-74-72-70-68-66-64-62-60-58-56-54-52-50-48-46-44-42-40-38-36-34-32-30-28-26-24-22-20-18-16-14-12-10-8-6-4-2/h1H2,2H3/q-1. The van der Waals surface area contributed by atoms with Gasteiger partial charge in [0.05, 0.1) is 0 Å². The van der Waals surface area contributed by atoms with Crippen molar-refractivity contribution < 1.29 is 0 Å². The van der Waals surface area contributed by atoms with Crippen molar-refractivity contribution in [2.24, 2.45) is 0 Å². The van der Waals surface area contributed by atoms with E-state index in [0.717, 1.165) is 0 Å². The number of hydrogen-bond acceptors (Lipinski definition) is 0. The second kappa shape index (κ2) is 64.8. The summed E-state index contributed by atoms with van der Waals surface area (Å²) in [7, 11) is 0. The Morgan fingerprint density at radius 2 is 0.155 bits per heavy atom. The van der Waals surface area contributed by atoms with Crippen LogP contribution in [0, 0.1) is 492 Å².